The molecule has 1 fully saturated rings. The van der Waals surface area contributed by atoms with Gasteiger partial charge in [0.2, 0.25) is 0 Å². The van der Waals surface area contributed by atoms with E-state index in [4.69, 9.17) is 11.6 Å². The summed E-state index contributed by atoms with van der Waals surface area (Å²) in [4.78, 5) is 4.90. The van der Waals surface area contributed by atoms with Crippen LogP contribution in [0.1, 0.15) is 18.9 Å². The summed E-state index contributed by atoms with van der Waals surface area (Å²) in [6.07, 6.45) is 2.22. The minimum atomic E-state index is 0.534. The van der Waals surface area contributed by atoms with Crippen molar-refractivity contribution in [3.05, 3.63) is 34.9 Å². The Hall–Kier alpha value is -0.610. The molecule has 0 amide bonds. The van der Waals surface area contributed by atoms with Gasteiger partial charge in [-0.3, -0.25) is 4.90 Å². The largest absolute Gasteiger partial charge is 0.312 e. The van der Waals surface area contributed by atoms with Crippen molar-refractivity contribution in [2.75, 3.05) is 40.3 Å². The van der Waals surface area contributed by atoms with E-state index in [1.807, 2.05) is 12.1 Å². The molecule has 118 valence electrons. The molecule has 0 saturated carbocycles. The Labute approximate surface area is 134 Å². The molecule has 4 heteroatoms. The van der Waals surface area contributed by atoms with Crippen LogP contribution in [0.15, 0.2) is 24.3 Å². The van der Waals surface area contributed by atoms with Gasteiger partial charge in [-0.1, -0.05) is 30.7 Å². The molecule has 2 unspecified atom stereocenters. The first-order valence-corrected chi connectivity index (χ1v) is 8.33. The van der Waals surface area contributed by atoms with E-state index in [1.54, 1.807) is 0 Å². The van der Waals surface area contributed by atoms with Crippen molar-refractivity contribution in [1.29, 1.82) is 0 Å². The molecule has 2 atom stereocenters. The molecule has 21 heavy (non-hydrogen) atoms. The van der Waals surface area contributed by atoms with Crippen LogP contribution in [0.5, 0.6) is 0 Å². The van der Waals surface area contributed by atoms with Gasteiger partial charge in [-0.15, -0.1) is 0 Å². The van der Waals surface area contributed by atoms with Crippen LogP contribution in [-0.2, 0) is 6.42 Å². The van der Waals surface area contributed by atoms with Crippen molar-refractivity contribution in [2.24, 2.45) is 0 Å². The average molecular weight is 310 g/mol. The molecule has 1 saturated heterocycles. The number of nitrogens with zero attached hydrogens (tertiary/aromatic N) is 2. The van der Waals surface area contributed by atoms with Gasteiger partial charge in [-0.05, 0) is 44.6 Å². The SMILES string of the molecule is CCC(Cc1ccc(Cl)cc1)NCC1CN(C)CCN1C. The molecular weight excluding hydrogens is 282 g/mol. The van der Waals surface area contributed by atoms with Crippen LogP contribution in [0.4, 0.5) is 0 Å². The number of likely N-dealkylation sites (N-methyl/N-ethyl adjacent to an activating group) is 2. The first kappa shape index (κ1) is 16.8. The average Bonchev–Trinajstić information content (AvgIpc) is 2.48. The Morgan fingerprint density at radius 3 is 2.62 bits per heavy atom. The normalized spacial score (nSPS) is 22.4. The zero-order chi connectivity index (χ0) is 15.2. The van der Waals surface area contributed by atoms with E-state index >= 15 is 0 Å². The molecule has 0 bridgehead atoms. The molecule has 1 aromatic rings. The number of benzene rings is 1. The van der Waals surface area contributed by atoms with E-state index in [1.165, 1.54) is 12.1 Å². The monoisotopic (exact) mass is 309 g/mol. The Kier molecular flexibility index (Phi) is 6.49. The van der Waals surface area contributed by atoms with Gasteiger partial charge < -0.3 is 10.2 Å². The van der Waals surface area contributed by atoms with Crippen LogP contribution < -0.4 is 5.32 Å². The molecule has 1 N–H and O–H groups in total. The smallest absolute Gasteiger partial charge is 0.0406 e. The summed E-state index contributed by atoms with van der Waals surface area (Å²) >= 11 is 5.95. The maximum atomic E-state index is 5.95. The van der Waals surface area contributed by atoms with Crippen molar-refractivity contribution in [3.63, 3.8) is 0 Å². The third kappa shape index (κ3) is 5.26. The zero-order valence-corrected chi connectivity index (χ0v) is 14.2. The molecule has 0 spiro atoms. The number of nitrogens with one attached hydrogen (secondary N) is 1. The third-order valence-electron chi connectivity index (χ3n) is 4.51. The highest BCUT2D eigenvalue weighted by molar-refractivity contribution is 6.30. The van der Waals surface area contributed by atoms with Crippen molar-refractivity contribution in [2.45, 2.75) is 31.8 Å². The number of rotatable bonds is 6. The lowest BCUT2D eigenvalue weighted by Crippen LogP contribution is -2.54. The quantitative estimate of drug-likeness (QED) is 0.871. The molecule has 1 heterocycles. The van der Waals surface area contributed by atoms with E-state index in [9.17, 15) is 0 Å². The molecule has 2 rings (SSSR count). The van der Waals surface area contributed by atoms with E-state index in [0.29, 0.717) is 12.1 Å². The lowest BCUT2D eigenvalue weighted by atomic mass is 10.0. The van der Waals surface area contributed by atoms with Gasteiger partial charge in [0, 0.05) is 43.3 Å². The van der Waals surface area contributed by atoms with Crippen LogP contribution in [-0.4, -0.2) is 62.2 Å². The van der Waals surface area contributed by atoms with Gasteiger partial charge in [0.1, 0.15) is 0 Å². The summed E-state index contributed by atoms with van der Waals surface area (Å²) in [5, 5.41) is 4.56. The third-order valence-corrected chi connectivity index (χ3v) is 4.76. The maximum absolute atomic E-state index is 5.95. The van der Waals surface area contributed by atoms with Crippen molar-refractivity contribution in [1.82, 2.24) is 15.1 Å². The van der Waals surface area contributed by atoms with E-state index in [-0.39, 0.29) is 0 Å². The van der Waals surface area contributed by atoms with Gasteiger partial charge >= 0.3 is 0 Å². The number of halogens is 1. The summed E-state index contributed by atoms with van der Waals surface area (Å²) < 4.78 is 0. The highest BCUT2D eigenvalue weighted by Crippen LogP contribution is 2.12. The minimum Gasteiger partial charge on any atom is -0.312 e. The molecule has 0 radical (unpaired) electrons. The Morgan fingerprint density at radius 1 is 1.24 bits per heavy atom. The molecule has 1 aliphatic rings. The fraction of sp³-hybridized carbons (Fsp3) is 0.647. The van der Waals surface area contributed by atoms with Gasteiger partial charge in [-0.25, -0.2) is 0 Å². The predicted octanol–water partition coefficient (Wildman–Crippen LogP) is 2.50. The van der Waals surface area contributed by atoms with Crippen molar-refractivity contribution >= 4 is 11.6 Å². The first-order valence-electron chi connectivity index (χ1n) is 7.95. The molecule has 3 nitrogen and oxygen atoms in total. The summed E-state index contributed by atoms with van der Waals surface area (Å²) in [5.74, 6) is 0. The second-order valence-electron chi connectivity index (χ2n) is 6.24. The number of hydrogen-bond donors (Lipinski definition) is 1. The second-order valence-corrected chi connectivity index (χ2v) is 6.68. The maximum Gasteiger partial charge on any atom is 0.0406 e. The first-order chi connectivity index (χ1) is 10.1. The van der Waals surface area contributed by atoms with Gasteiger partial charge in [0.15, 0.2) is 0 Å². The highest BCUT2D eigenvalue weighted by atomic mass is 35.5. The lowest BCUT2D eigenvalue weighted by molar-refractivity contribution is 0.111. The zero-order valence-electron chi connectivity index (χ0n) is 13.5. The summed E-state index contributed by atoms with van der Waals surface area (Å²) in [6, 6.07) is 9.37. The molecular formula is C17H28ClN3. The minimum absolute atomic E-state index is 0.534. The molecule has 0 aromatic heterocycles. The topological polar surface area (TPSA) is 18.5 Å². The van der Waals surface area contributed by atoms with E-state index in [2.05, 4.69) is 48.3 Å². The van der Waals surface area contributed by atoms with E-state index in [0.717, 1.165) is 37.5 Å². The van der Waals surface area contributed by atoms with Crippen LogP contribution in [0.3, 0.4) is 0 Å². The van der Waals surface area contributed by atoms with Crippen molar-refractivity contribution in [3.8, 4) is 0 Å². The van der Waals surface area contributed by atoms with E-state index < -0.39 is 0 Å². The van der Waals surface area contributed by atoms with Crippen LogP contribution in [0.2, 0.25) is 5.02 Å². The van der Waals surface area contributed by atoms with Crippen LogP contribution in [0.25, 0.3) is 0 Å². The van der Waals surface area contributed by atoms with Gasteiger partial charge in [0.25, 0.3) is 0 Å². The highest BCUT2D eigenvalue weighted by Gasteiger charge is 2.22. The fourth-order valence-corrected chi connectivity index (χ4v) is 3.02. The summed E-state index contributed by atoms with van der Waals surface area (Å²) in [5.41, 5.74) is 1.35. The molecule has 1 aliphatic heterocycles. The Balaban J connectivity index is 1.83. The molecule has 0 aliphatic carbocycles. The Bertz CT molecular complexity index is 421. The molecule has 1 aromatic carbocycles. The number of hydrogen-bond acceptors (Lipinski definition) is 3. The van der Waals surface area contributed by atoms with Crippen LogP contribution >= 0.6 is 11.6 Å². The summed E-state index contributed by atoms with van der Waals surface area (Å²) in [6.45, 7) is 6.81. The predicted molar refractivity (Wildman–Crippen MR) is 91.2 cm³/mol. The lowest BCUT2D eigenvalue weighted by Gasteiger charge is -2.38. The van der Waals surface area contributed by atoms with Gasteiger partial charge in [-0.2, -0.15) is 0 Å². The fourth-order valence-electron chi connectivity index (χ4n) is 2.89. The standard InChI is InChI=1S/C17H28ClN3/c1-4-16(11-14-5-7-15(18)8-6-14)19-12-17-13-20(2)9-10-21(17)3/h5-8,16-17,19H,4,9-13H2,1-3H3. The Morgan fingerprint density at radius 2 is 1.95 bits per heavy atom. The number of piperazine rings is 1. The van der Waals surface area contributed by atoms with Crippen LogP contribution in [0, 0.1) is 0 Å². The second kappa shape index (κ2) is 8.14. The summed E-state index contributed by atoms with van der Waals surface area (Å²) in [7, 11) is 4.45. The van der Waals surface area contributed by atoms with Crippen molar-refractivity contribution < 1.29 is 0 Å². The van der Waals surface area contributed by atoms with Gasteiger partial charge in [0.05, 0.1) is 0 Å².